The fourth-order valence-electron chi connectivity index (χ4n) is 2.24. The fourth-order valence-corrected chi connectivity index (χ4v) is 2.24. The topological polar surface area (TPSA) is 46.6 Å². The van der Waals surface area contributed by atoms with Crippen molar-refractivity contribution in [3.8, 4) is 0 Å². The molecular weight excluding hydrogens is 242 g/mol. The summed E-state index contributed by atoms with van der Waals surface area (Å²) in [5.74, 6) is 0.330. The Balaban J connectivity index is 2.58. The first-order valence-electron chi connectivity index (χ1n) is 7.23. The number of hydrogen-bond acceptors (Lipinski definition) is 3. The molecule has 1 saturated heterocycles. The lowest BCUT2D eigenvalue weighted by Crippen LogP contribution is -2.43. The molecule has 0 spiro atoms. The normalized spacial score (nSPS) is 19.9. The van der Waals surface area contributed by atoms with Crippen LogP contribution in [0.15, 0.2) is 0 Å². The molecule has 0 aromatic heterocycles. The summed E-state index contributed by atoms with van der Waals surface area (Å²) in [5, 5.41) is 0. The highest BCUT2D eigenvalue weighted by atomic mass is 16.6. The Labute approximate surface area is 116 Å². The van der Waals surface area contributed by atoms with E-state index in [1.807, 2.05) is 20.8 Å². The third-order valence-corrected chi connectivity index (χ3v) is 3.19. The lowest BCUT2D eigenvalue weighted by Gasteiger charge is -2.27. The first-order chi connectivity index (χ1) is 8.70. The third-order valence-electron chi connectivity index (χ3n) is 3.19. The molecule has 19 heavy (non-hydrogen) atoms. The van der Waals surface area contributed by atoms with E-state index in [0.29, 0.717) is 18.9 Å². The molecule has 0 aromatic rings. The fraction of sp³-hybridized carbons (Fsp3) is 0.867. The van der Waals surface area contributed by atoms with Crippen molar-refractivity contribution in [3.63, 3.8) is 0 Å². The zero-order chi connectivity index (χ0) is 14.6. The second kappa shape index (κ2) is 6.40. The van der Waals surface area contributed by atoms with Gasteiger partial charge in [0.25, 0.3) is 0 Å². The molecule has 4 nitrogen and oxygen atoms in total. The Bertz CT molecular complexity index is 331. The van der Waals surface area contributed by atoms with E-state index in [1.165, 1.54) is 0 Å². The molecule has 0 radical (unpaired) electrons. The van der Waals surface area contributed by atoms with Gasteiger partial charge in [0, 0.05) is 13.0 Å². The predicted octanol–water partition coefficient (Wildman–Crippen LogP) is 2.76. The van der Waals surface area contributed by atoms with Gasteiger partial charge in [-0.15, -0.1) is 0 Å². The van der Waals surface area contributed by atoms with Crippen molar-refractivity contribution in [1.29, 1.82) is 0 Å². The van der Waals surface area contributed by atoms with E-state index in [1.54, 1.807) is 4.90 Å². The van der Waals surface area contributed by atoms with Crippen LogP contribution in [0.5, 0.6) is 0 Å². The number of esters is 1. The summed E-state index contributed by atoms with van der Waals surface area (Å²) in [6.07, 6.45) is 3.01. The summed E-state index contributed by atoms with van der Waals surface area (Å²) < 4.78 is 5.39. The molecule has 0 N–H and O–H groups in total. The van der Waals surface area contributed by atoms with Gasteiger partial charge in [-0.1, -0.05) is 13.8 Å². The molecule has 0 bridgehead atoms. The Morgan fingerprint density at radius 3 is 2.47 bits per heavy atom. The van der Waals surface area contributed by atoms with Crippen LogP contribution < -0.4 is 0 Å². The molecule has 0 aromatic carbocycles. The summed E-state index contributed by atoms with van der Waals surface area (Å²) in [5.41, 5.74) is -0.494. The van der Waals surface area contributed by atoms with E-state index in [-0.39, 0.29) is 17.9 Å². The van der Waals surface area contributed by atoms with Gasteiger partial charge in [-0.25, -0.2) is 4.79 Å². The standard InChI is InChI=1S/C15H27NO3/c1-11(2)8-9-13(17)16-10-6-7-12(16)14(18)19-15(3,4)5/h11-12H,6-10H2,1-5H3/t12-/m1/s1. The third kappa shape index (κ3) is 5.21. The van der Waals surface area contributed by atoms with Crippen molar-refractivity contribution >= 4 is 11.9 Å². The number of nitrogens with zero attached hydrogens (tertiary/aromatic N) is 1. The van der Waals surface area contributed by atoms with Crippen molar-refractivity contribution in [2.45, 2.75) is 71.9 Å². The molecule has 1 heterocycles. The number of hydrogen-bond donors (Lipinski definition) is 0. The molecule has 0 aliphatic carbocycles. The zero-order valence-electron chi connectivity index (χ0n) is 12.9. The maximum Gasteiger partial charge on any atom is 0.329 e. The smallest absolute Gasteiger partial charge is 0.329 e. The van der Waals surface area contributed by atoms with Gasteiger partial charge in [-0.05, 0) is 46.0 Å². The summed E-state index contributed by atoms with van der Waals surface area (Å²) >= 11 is 0. The first kappa shape index (κ1) is 16.0. The Morgan fingerprint density at radius 2 is 1.95 bits per heavy atom. The van der Waals surface area contributed by atoms with Crippen molar-refractivity contribution < 1.29 is 14.3 Å². The van der Waals surface area contributed by atoms with Crippen molar-refractivity contribution in [3.05, 3.63) is 0 Å². The van der Waals surface area contributed by atoms with E-state index in [2.05, 4.69) is 13.8 Å². The van der Waals surface area contributed by atoms with E-state index in [0.717, 1.165) is 19.3 Å². The first-order valence-corrected chi connectivity index (χ1v) is 7.23. The average molecular weight is 269 g/mol. The zero-order valence-corrected chi connectivity index (χ0v) is 12.9. The second-order valence-corrected chi connectivity index (χ2v) is 6.71. The van der Waals surface area contributed by atoms with Crippen LogP contribution in [-0.2, 0) is 14.3 Å². The van der Waals surface area contributed by atoms with Crippen LogP contribution >= 0.6 is 0 Å². The van der Waals surface area contributed by atoms with Crippen LogP contribution in [0.2, 0.25) is 0 Å². The van der Waals surface area contributed by atoms with Crippen LogP contribution in [0.25, 0.3) is 0 Å². The number of ether oxygens (including phenoxy) is 1. The number of carbonyl (C=O) groups is 2. The van der Waals surface area contributed by atoms with Crippen LogP contribution in [0, 0.1) is 5.92 Å². The summed E-state index contributed by atoms with van der Waals surface area (Å²) in [7, 11) is 0. The monoisotopic (exact) mass is 269 g/mol. The molecule has 0 unspecified atom stereocenters. The molecule has 110 valence electrons. The molecule has 0 saturated carbocycles. The van der Waals surface area contributed by atoms with Crippen LogP contribution in [0.1, 0.15) is 60.3 Å². The molecule has 1 rings (SSSR count). The van der Waals surface area contributed by atoms with Gasteiger partial charge in [-0.2, -0.15) is 0 Å². The van der Waals surface area contributed by atoms with E-state index < -0.39 is 5.60 Å². The Morgan fingerprint density at radius 1 is 1.32 bits per heavy atom. The molecule has 1 amide bonds. The minimum absolute atomic E-state index is 0.0852. The second-order valence-electron chi connectivity index (χ2n) is 6.71. The average Bonchev–Trinajstić information content (AvgIpc) is 2.72. The van der Waals surface area contributed by atoms with Crippen LogP contribution in [-0.4, -0.2) is 35.0 Å². The number of amides is 1. The maximum atomic E-state index is 12.1. The highest BCUT2D eigenvalue weighted by molar-refractivity contribution is 5.85. The van der Waals surface area contributed by atoms with Gasteiger partial charge in [0.1, 0.15) is 11.6 Å². The molecule has 4 heteroatoms. The van der Waals surface area contributed by atoms with Gasteiger partial charge in [-0.3, -0.25) is 4.79 Å². The lowest BCUT2D eigenvalue weighted by molar-refractivity contribution is -0.163. The van der Waals surface area contributed by atoms with Gasteiger partial charge < -0.3 is 9.64 Å². The molecule has 1 aliphatic heterocycles. The SMILES string of the molecule is CC(C)CCC(=O)N1CCC[C@@H]1C(=O)OC(C)(C)C. The molecule has 1 fully saturated rings. The van der Waals surface area contributed by atoms with Crippen molar-refractivity contribution in [1.82, 2.24) is 4.90 Å². The predicted molar refractivity (Wildman–Crippen MR) is 74.7 cm³/mol. The molecule has 1 aliphatic rings. The minimum Gasteiger partial charge on any atom is -0.458 e. The molecular formula is C15H27NO3. The summed E-state index contributed by atoms with van der Waals surface area (Å²) in [4.78, 5) is 26.0. The highest BCUT2D eigenvalue weighted by Gasteiger charge is 2.36. The number of rotatable bonds is 4. The largest absolute Gasteiger partial charge is 0.458 e. The quantitative estimate of drug-likeness (QED) is 0.737. The molecule has 1 atom stereocenters. The van der Waals surface area contributed by atoms with Crippen LogP contribution in [0.3, 0.4) is 0 Å². The van der Waals surface area contributed by atoms with Gasteiger partial charge >= 0.3 is 5.97 Å². The lowest BCUT2D eigenvalue weighted by atomic mass is 10.1. The maximum absolute atomic E-state index is 12.1. The number of likely N-dealkylation sites (tertiary alicyclic amines) is 1. The van der Waals surface area contributed by atoms with Crippen molar-refractivity contribution in [2.75, 3.05) is 6.54 Å². The van der Waals surface area contributed by atoms with Gasteiger partial charge in [0.2, 0.25) is 5.91 Å². The van der Waals surface area contributed by atoms with Crippen LogP contribution in [0.4, 0.5) is 0 Å². The Hall–Kier alpha value is -1.06. The van der Waals surface area contributed by atoms with E-state index in [9.17, 15) is 9.59 Å². The summed E-state index contributed by atoms with van der Waals surface area (Å²) in [6.45, 7) is 10.4. The van der Waals surface area contributed by atoms with Crippen molar-refractivity contribution in [2.24, 2.45) is 5.92 Å². The number of carbonyl (C=O) groups excluding carboxylic acids is 2. The summed E-state index contributed by atoms with van der Waals surface area (Å²) in [6, 6.07) is -0.376. The minimum atomic E-state index is -0.494. The Kier molecular flexibility index (Phi) is 5.39. The highest BCUT2D eigenvalue weighted by Crippen LogP contribution is 2.22. The van der Waals surface area contributed by atoms with Gasteiger partial charge in [0.05, 0.1) is 0 Å². The van der Waals surface area contributed by atoms with E-state index >= 15 is 0 Å². The van der Waals surface area contributed by atoms with E-state index in [4.69, 9.17) is 4.74 Å². The van der Waals surface area contributed by atoms with Gasteiger partial charge in [0.15, 0.2) is 0 Å².